The van der Waals surface area contributed by atoms with E-state index < -0.39 is 0 Å². The van der Waals surface area contributed by atoms with Crippen molar-refractivity contribution in [1.82, 2.24) is 0 Å². The van der Waals surface area contributed by atoms with Gasteiger partial charge in [0.2, 0.25) is 0 Å². The van der Waals surface area contributed by atoms with Crippen molar-refractivity contribution in [2.45, 2.75) is 40.0 Å². The lowest BCUT2D eigenvalue weighted by molar-refractivity contribution is -0.125. The van der Waals surface area contributed by atoms with Gasteiger partial charge in [-0.2, -0.15) is 0 Å². The van der Waals surface area contributed by atoms with Crippen LogP contribution in [0.4, 0.5) is 0 Å². The van der Waals surface area contributed by atoms with E-state index in [-0.39, 0.29) is 10.8 Å². The second-order valence-corrected chi connectivity index (χ2v) is 7.98. The molecule has 0 saturated heterocycles. The number of ketones is 1. The zero-order valence-corrected chi connectivity index (χ0v) is 15.9. The number of rotatable bonds is 5. The Balaban J connectivity index is 2.09. The fourth-order valence-electron chi connectivity index (χ4n) is 4.73. The molecular formula is C22H28O3. The molecule has 2 aliphatic carbocycles. The summed E-state index contributed by atoms with van der Waals surface area (Å²) in [5, 5.41) is 0. The van der Waals surface area contributed by atoms with E-state index >= 15 is 0 Å². The average Bonchev–Trinajstić information content (AvgIpc) is 2.88. The summed E-state index contributed by atoms with van der Waals surface area (Å²) in [5.41, 5.74) is 2.77. The molecule has 3 rings (SSSR count). The van der Waals surface area contributed by atoms with Crippen molar-refractivity contribution in [2.75, 3.05) is 14.2 Å². The van der Waals surface area contributed by atoms with Crippen LogP contribution in [0.25, 0.3) is 6.08 Å². The molecule has 2 bridgehead atoms. The van der Waals surface area contributed by atoms with Crippen LogP contribution in [0.5, 0.6) is 11.5 Å². The lowest BCUT2D eigenvalue weighted by Crippen LogP contribution is -2.32. The molecule has 3 heteroatoms. The zero-order chi connectivity index (χ0) is 18.4. The zero-order valence-electron chi connectivity index (χ0n) is 15.9. The van der Waals surface area contributed by atoms with Gasteiger partial charge < -0.3 is 9.47 Å². The topological polar surface area (TPSA) is 35.5 Å². The van der Waals surface area contributed by atoms with Crippen molar-refractivity contribution in [2.24, 2.45) is 16.7 Å². The molecule has 134 valence electrons. The number of allylic oxidation sites excluding steroid dienone is 2. The number of carbonyl (C=O) groups excluding carboxylic acids is 1. The number of Topliss-reactive ketones (excluding diaryl/α,β-unsaturated/α-hetero) is 1. The Bertz CT molecular complexity index is 757. The highest BCUT2D eigenvalue weighted by Gasteiger charge is 2.63. The molecule has 2 fully saturated rings. The molecule has 2 atom stereocenters. The monoisotopic (exact) mass is 340 g/mol. The van der Waals surface area contributed by atoms with Crippen molar-refractivity contribution >= 4 is 11.9 Å². The largest absolute Gasteiger partial charge is 0.493 e. The third-order valence-corrected chi connectivity index (χ3v) is 6.63. The van der Waals surface area contributed by atoms with Crippen LogP contribution >= 0.6 is 0 Å². The first kappa shape index (κ1) is 17.8. The molecule has 25 heavy (non-hydrogen) atoms. The quantitative estimate of drug-likeness (QED) is 0.568. The van der Waals surface area contributed by atoms with Crippen LogP contribution in [0, 0.1) is 16.7 Å². The van der Waals surface area contributed by atoms with Gasteiger partial charge >= 0.3 is 0 Å². The molecule has 0 radical (unpaired) electrons. The van der Waals surface area contributed by atoms with E-state index in [1.165, 1.54) is 0 Å². The minimum atomic E-state index is -0.232. The number of hydrogen-bond acceptors (Lipinski definition) is 3. The second-order valence-electron chi connectivity index (χ2n) is 7.98. The highest BCUT2D eigenvalue weighted by atomic mass is 16.5. The summed E-state index contributed by atoms with van der Waals surface area (Å²) in [6.45, 7) is 10.4. The van der Waals surface area contributed by atoms with Crippen LogP contribution in [0.15, 0.2) is 30.4 Å². The van der Waals surface area contributed by atoms with Crippen LogP contribution in [0.3, 0.4) is 0 Å². The van der Waals surface area contributed by atoms with Gasteiger partial charge in [0, 0.05) is 11.0 Å². The average molecular weight is 340 g/mol. The number of carbonyl (C=O) groups is 1. The second kappa shape index (κ2) is 6.05. The molecule has 0 spiro atoms. The first-order valence-electron chi connectivity index (χ1n) is 8.92. The maximum Gasteiger partial charge on any atom is 0.165 e. The number of ether oxygens (including phenoxy) is 2. The van der Waals surface area contributed by atoms with Gasteiger partial charge in [-0.25, -0.2) is 0 Å². The molecular weight excluding hydrogens is 312 g/mol. The molecule has 0 amide bonds. The van der Waals surface area contributed by atoms with E-state index in [0.29, 0.717) is 23.9 Å². The number of fused-ring (bicyclic) bond motifs is 2. The fourth-order valence-corrected chi connectivity index (χ4v) is 4.73. The lowest BCUT2D eigenvalue weighted by Gasteiger charge is -2.31. The van der Waals surface area contributed by atoms with Crippen LogP contribution in [-0.4, -0.2) is 20.0 Å². The van der Waals surface area contributed by atoms with Gasteiger partial charge in [-0.15, -0.1) is 6.58 Å². The van der Waals surface area contributed by atoms with Crippen LogP contribution in [-0.2, 0) is 11.2 Å². The van der Waals surface area contributed by atoms with Crippen molar-refractivity contribution in [1.29, 1.82) is 0 Å². The third kappa shape index (κ3) is 2.44. The molecule has 3 nitrogen and oxygen atoms in total. The fraction of sp³-hybridized carbons (Fsp3) is 0.500. The Kier molecular flexibility index (Phi) is 4.30. The minimum absolute atomic E-state index is 0.0242. The van der Waals surface area contributed by atoms with E-state index in [1.807, 2.05) is 12.1 Å². The van der Waals surface area contributed by atoms with E-state index in [2.05, 4.69) is 39.5 Å². The van der Waals surface area contributed by atoms with Gasteiger partial charge in [0.25, 0.3) is 0 Å². The first-order chi connectivity index (χ1) is 11.8. The summed E-state index contributed by atoms with van der Waals surface area (Å²) in [7, 11) is 3.28. The Morgan fingerprint density at radius 1 is 1.24 bits per heavy atom. The standard InChI is InChI=1S/C22H28O3/c1-7-8-15-11-14(13-18(24-5)19(15)25-6)12-16-17-9-10-22(4,20(16)23)21(17,2)3/h7,11-13,17H,1,8-10H2,2-6H3. The summed E-state index contributed by atoms with van der Waals surface area (Å²) in [6.07, 6.45) is 6.69. The highest BCUT2D eigenvalue weighted by molar-refractivity contribution is 6.08. The Morgan fingerprint density at radius 3 is 2.48 bits per heavy atom. The van der Waals surface area contributed by atoms with Gasteiger partial charge in [0.05, 0.1) is 14.2 Å². The third-order valence-electron chi connectivity index (χ3n) is 6.63. The van der Waals surface area contributed by atoms with Crippen LogP contribution in [0.2, 0.25) is 0 Å². The Labute approximate surface area is 150 Å². The molecule has 2 saturated carbocycles. The summed E-state index contributed by atoms with van der Waals surface area (Å²) < 4.78 is 11.0. The van der Waals surface area contributed by atoms with Crippen molar-refractivity contribution in [3.63, 3.8) is 0 Å². The molecule has 0 heterocycles. The van der Waals surface area contributed by atoms with Gasteiger partial charge in [0.1, 0.15) is 0 Å². The van der Waals surface area contributed by atoms with Crippen LogP contribution < -0.4 is 9.47 Å². The summed E-state index contributed by atoms with van der Waals surface area (Å²) >= 11 is 0. The Hall–Kier alpha value is -2.03. The predicted molar refractivity (Wildman–Crippen MR) is 101 cm³/mol. The first-order valence-corrected chi connectivity index (χ1v) is 8.92. The van der Waals surface area contributed by atoms with E-state index in [1.54, 1.807) is 14.2 Å². The molecule has 0 N–H and O–H groups in total. The summed E-state index contributed by atoms with van der Waals surface area (Å²) in [6, 6.07) is 4.03. The normalized spacial score (nSPS) is 28.4. The maximum absolute atomic E-state index is 13.1. The number of methoxy groups -OCH3 is 2. The van der Waals surface area contributed by atoms with Crippen LogP contribution in [0.1, 0.15) is 44.7 Å². The predicted octanol–water partition coefficient (Wildman–Crippen LogP) is 4.84. The van der Waals surface area contributed by atoms with Gasteiger partial charge in [-0.1, -0.05) is 26.8 Å². The summed E-state index contributed by atoms with van der Waals surface area (Å²) in [4.78, 5) is 13.1. The number of benzene rings is 1. The van der Waals surface area contributed by atoms with Gasteiger partial charge in [-0.3, -0.25) is 4.79 Å². The maximum atomic E-state index is 13.1. The molecule has 1 aromatic carbocycles. The molecule has 1 aromatic rings. The van der Waals surface area contributed by atoms with E-state index in [4.69, 9.17) is 9.47 Å². The van der Waals surface area contributed by atoms with Gasteiger partial charge in [-0.05, 0) is 59.9 Å². The molecule has 2 unspecified atom stereocenters. The van der Waals surface area contributed by atoms with Crippen molar-refractivity contribution in [3.05, 3.63) is 41.5 Å². The highest BCUT2D eigenvalue weighted by Crippen LogP contribution is 2.65. The molecule has 2 aliphatic rings. The van der Waals surface area contributed by atoms with Gasteiger partial charge in [0.15, 0.2) is 17.3 Å². The van der Waals surface area contributed by atoms with E-state index in [9.17, 15) is 4.79 Å². The van der Waals surface area contributed by atoms with Crippen molar-refractivity contribution < 1.29 is 14.3 Å². The molecule has 0 aliphatic heterocycles. The summed E-state index contributed by atoms with van der Waals surface area (Å²) in [5.74, 6) is 2.07. The lowest BCUT2D eigenvalue weighted by atomic mass is 9.70. The minimum Gasteiger partial charge on any atom is -0.493 e. The number of hydrogen-bond donors (Lipinski definition) is 0. The smallest absolute Gasteiger partial charge is 0.165 e. The van der Waals surface area contributed by atoms with Crippen molar-refractivity contribution in [3.8, 4) is 11.5 Å². The molecule has 0 aromatic heterocycles. The van der Waals surface area contributed by atoms with E-state index in [0.717, 1.165) is 35.3 Å². The Morgan fingerprint density at radius 2 is 1.96 bits per heavy atom. The SMILES string of the molecule is C=CCc1cc(C=C2C(=O)C3(C)CCC2C3(C)C)cc(OC)c1OC.